The van der Waals surface area contributed by atoms with Crippen molar-refractivity contribution in [1.29, 1.82) is 0 Å². The summed E-state index contributed by atoms with van der Waals surface area (Å²) in [5.74, 6) is -0.588. The summed E-state index contributed by atoms with van der Waals surface area (Å²) < 4.78 is 5.73. The van der Waals surface area contributed by atoms with Crippen molar-refractivity contribution in [2.75, 3.05) is 13.7 Å². The van der Waals surface area contributed by atoms with Gasteiger partial charge in [-0.3, -0.25) is 4.79 Å². The maximum absolute atomic E-state index is 13.1. The Kier molecular flexibility index (Phi) is 4.12. The lowest BCUT2D eigenvalue weighted by molar-refractivity contribution is -0.118. The van der Waals surface area contributed by atoms with E-state index < -0.39 is 16.9 Å². The number of aliphatic hydroxyl groups is 2. The number of hydrogen-bond acceptors (Lipinski definition) is 4. The van der Waals surface area contributed by atoms with Gasteiger partial charge in [0.25, 0.3) is 0 Å². The molecule has 2 N–H and O–H groups in total. The number of Topliss-reactive ketones (excluding diaryl/α,β-unsaturated/α-hetero) is 1. The summed E-state index contributed by atoms with van der Waals surface area (Å²) in [4.78, 5) is 13.1. The van der Waals surface area contributed by atoms with Crippen LogP contribution in [0.15, 0.2) is 47.3 Å². The minimum Gasteiger partial charge on any atom is -0.504 e. The highest BCUT2D eigenvalue weighted by atomic mass is 16.5. The Hall–Kier alpha value is -1.65. The van der Waals surface area contributed by atoms with Crippen LogP contribution in [0.25, 0.3) is 0 Å². The first-order valence-electron chi connectivity index (χ1n) is 8.86. The fourth-order valence-corrected chi connectivity index (χ4v) is 5.07. The van der Waals surface area contributed by atoms with Crippen LogP contribution in [0.2, 0.25) is 0 Å². The standard InChI is InChI=1S/C21H28O4/c1-6-19(2)11-8-13-14(18(19)25-5)15(23)16(24)17-20(3,12-22)9-7-10-21(13,17)4/h6-7,10,18,22,24H,1,8-9,11-12H2,2-5H3. The quantitative estimate of drug-likeness (QED) is 0.767. The molecule has 0 bridgehead atoms. The van der Waals surface area contributed by atoms with Gasteiger partial charge >= 0.3 is 0 Å². The number of methoxy groups -OCH3 is 1. The molecule has 0 aromatic heterocycles. The summed E-state index contributed by atoms with van der Waals surface area (Å²) in [6.07, 6.45) is 7.71. The molecule has 0 amide bonds. The minimum atomic E-state index is -0.635. The van der Waals surface area contributed by atoms with Crippen LogP contribution in [0, 0.1) is 16.2 Å². The molecule has 4 heteroatoms. The second kappa shape index (κ2) is 5.68. The van der Waals surface area contributed by atoms with Gasteiger partial charge in [-0.25, -0.2) is 0 Å². The maximum Gasteiger partial charge on any atom is 0.225 e. The van der Waals surface area contributed by atoms with Crippen LogP contribution in [-0.2, 0) is 9.53 Å². The van der Waals surface area contributed by atoms with Crippen molar-refractivity contribution < 1.29 is 19.7 Å². The van der Waals surface area contributed by atoms with Crippen LogP contribution in [0.3, 0.4) is 0 Å². The molecular weight excluding hydrogens is 316 g/mol. The predicted molar refractivity (Wildman–Crippen MR) is 97.1 cm³/mol. The summed E-state index contributed by atoms with van der Waals surface area (Å²) in [6, 6.07) is 0. The highest BCUT2D eigenvalue weighted by Gasteiger charge is 2.55. The van der Waals surface area contributed by atoms with E-state index in [2.05, 4.69) is 18.7 Å². The zero-order chi connectivity index (χ0) is 18.6. The molecule has 3 aliphatic carbocycles. The van der Waals surface area contributed by atoms with Crippen molar-refractivity contribution >= 4 is 5.78 Å². The summed E-state index contributed by atoms with van der Waals surface area (Å²) >= 11 is 0. The van der Waals surface area contributed by atoms with E-state index in [0.29, 0.717) is 17.6 Å². The maximum atomic E-state index is 13.1. The molecule has 4 nitrogen and oxygen atoms in total. The molecule has 0 fully saturated rings. The van der Waals surface area contributed by atoms with Crippen molar-refractivity contribution in [2.24, 2.45) is 16.2 Å². The van der Waals surface area contributed by atoms with Gasteiger partial charge in [0.15, 0.2) is 5.76 Å². The molecule has 0 saturated carbocycles. The van der Waals surface area contributed by atoms with E-state index in [-0.39, 0.29) is 23.6 Å². The first-order valence-corrected chi connectivity index (χ1v) is 8.86. The molecule has 136 valence electrons. The van der Waals surface area contributed by atoms with Gasteiger partial charge in [-0.15, -0.1) is 6.58 Å². The third-order valence-corrected chi connectivity index (χ3v) is 6.62. The first-order chi connectivity index (χ1) is 11.7. The number of ether oxygens (including phenoxy) is 1. The van der Waals surface area contributed by atoms with Gasteiger partial charge in [0.2, 0.25) is 5.78 Å². The van der Waals surface area contributed by atoms with E-state index in [4.69, 9.17) is 4.74 Å². The topological polar surface area (TPSA) is 66.8 Å². The van der Waals surface area contributed by atoms with E-state index in [1.807, 2.05) is 26.8 Å². The van der Waals surface area contributed by atoms with E-state index in [9.17, 15) is 15.0 Å². The first kappa shape index (κ1) is 18.2. The van der Waals surface area contributed by atoms with E-state index >= 15 is 0 Å². The number of hydrogen-bond donors (Lipinski definition) is 2. The van der Waals surface area contributed by atoms with E-state index in [0.717, 1.165) is 18.4 Å². The average Bonchev–Trinajstić information content (AvgIpc) is 2.59. The SMILES string of the molecule is C=CC1(C)CCC2=C(C(=O)C(O)=C3C(C)(CO)CC=CC23C)C1OC. The molecule has 3 rings (SSSR count). The molecule has 0 saturated heterocycles. The van der Waals surface area contributed by atoms with Crippen LogP contribution >= 0.6 is 0 Å². The number of allylic oxidation sites excluding steroid dienone is 4. The molecule has 3 aliphatic rings. The van der Waals surface area contributed by atoms with Gasteiger partial charge in [-0.2, -0.15) is 0 Å². The molecule has 0 heterocycles. The Morgan fingerprint density at radius 2 is 2.08 bits per heavy atom. The number of carbonyl (C=O) groups excluding carboxylic acids is 1. The van der Waals surface area contributed by atoms with Gasteiger partial charge in [0.1, 0.15) is 0 Å². The largest absolute Gasteiger partial charge is 0.504 e. The number of ketones is 1. The number of fused-ring (bicyclic) bond motifs is 2. The van der Waals surface area contributed by atoms with E-state index in [1.54, 1.807) is 7.11 Å². The number of aliphatic hydroxyl groups excluding tert-OH is 2. The van der Waals surface area contributed by atoms with Crippen molar-refractivity contribution in [3.8, 4) is 0 Å². The second-order valence-corrected chi connectivity index (χ2v) is 8.30. The highest BCUT2D eigenvalue weighted by Crippen LogP contribution is 2.59. The fraction of sp³-hybridized carbons (Fsp3) is 0.571. The van der Waals surface area contributed by atoms with Crippen molar-refractivity contribution in [3.05, 3.63) is 47.3 Å². The van der Waals surface area contributed by atoms with Gasteiger partial charge < -0.3 is 14.9 Å². The molecule has 0 spiro atoms. The van der Waals surface area contributed by atoms with Gasteiger partial charge in [0, 0.05) is 28.9 Å². The van der Waals surface area contributed by atoms with Gasteiger partial charge in [0.05, 0.1) is 12.7 Å². The lowest BCUT2D eigenvalue weighted by Gasteiger charge is -2.51. The molecule has 0 aromatic rings. The fourth-order valence-electron chi connectivity index (χ4n) is 5.07. The Bertz CT molecular complexity index is 728. The molecule has 4 atom stereocenters. The lowest BCUT2D eigenvalue weighted by atomic mass is 9.53. The summed E-state index contributed by atoms with van der Waals surface area (Å²) in [5, 5.41) is 20.8. The zero-order valence-corrected chi connectivity index (χ0v) is 15.6. The summed E-state index contributed by atoms with van der Waals surface area (Å²) in [5.41, 5.74) is 0.659. The number of rotatable bonds is 3. The lowest BCUT2D eigenvalue weighted by Crippen LogP contribution is -2.49. The smallest absolute Gasteiger partial charge is 0.225 e. The van der Waals surface area contributed by atoms with Crippen LogP contribution in [0.4, 0.5) is 0 Å². The van der Waals surface area contributed by atoms with Crippen molar-refractivity contribution in [2.45, 2.75) is 46.1 Å². The Morgan fingerprint density at radius 3 is 2.64 bits per heavy atom. The summed E-state index contributed by atoms with van der Waals surface area (Å²) in [6.45, 7) is 9.81. The second-order valence-electron chi connectivity index (χ2n) is 8.30. The van der Waals surface area contributed by atoms with E-state index in [1.165, 1.54) is 0 Å². The summed E-state index contributed by atoms with van der Waals surface area (Å²) in [7, 11) is 1.60. The molecular formula is C21H28O4. The van der Waals surface area contributed by atoms with Crippen LogP contribution in [0.5, 0.6) is 0 Å². The normalized spacial score (nSPS) is 40.8. The monoisotopic (exact) mass is 344 g/mol. The Morgan fingerprint density at radius 1 is 1.40 bits per heavy atom. The molecule has 0 radical (unpaired) electrons. The number of carbonyl (C=O) groups is 1. The van der Waals surface area contributed by atoms with Crippen molar-refractivity contribution in [3.63, 3.8) is 0 Å². The van der Waals surface area contributed by atoms with Crippen LogP contribution < -0.4 is 0 Å². The van der Waals surface area contributed by atoms with Gasteiger partial charge in [-0.05, 0) is 37.3 Å². The molecule has 0 aliphatic heterocycles. The molecule has 25 heavy (non-hydrogen) atoms. The van der Waals surface area contributed by atoms with Crippen LogP contribution in [0.1, 0.15) is 40.0 Å². The highest BCUT2D eigenvalue weighted by molar-refractivity contribution is 6.10. The van der Waals surface area contributed by atoms with Crippen molar-refractivity contribution in [1.82, 2.24) is 0 Å². The predicted octanol–water partition coefficient (Wildman–Crippen LogP) is 3.64. The van der Waals surface area contributed by atoms with Gasteiger partial charge in [-0.1, -0.05) is 32.1 Å². The minimum absolute atomic E-state index is 0.111. The molecule has 4 unspecified atom stereocenters. The van der Waals surface area contributed by atoms with Crippen LogP contribution in [-0.4, -0.2) is 35.8 Å². The third-order valence-electron chi connectivity index (χ3n) is 6.62. The zero-order valence-electron chi connectivity index (χ0n) is 15.6. The third kappa shape index (κ3) is 2.24. The molecule has 0 aromatic carbocycles. The Balaban J connectivity index is 2.28. The average molecular weight is 344 g/mol. The Labute approximate surface area is 149 Å².